The Balaban J connectivity index is 2.21. The summed E-state index contributed by atoms with van der Waals surface area (Å²) in [7, 11) is -3.75. The van der Waals surface area contributed by atoms with Gasteiger partial charge in [-0.3, -0.25) is 9.59 Å². The molecule has 1 amide bonds. The highest BCUT2D eigenvalue weighted by atomic mass is 32.2. The highest BCUT2D eigenvalue weighted by Crippen LogP contribution is 2.36. The van der Waals surface area contributed by atoms with Crippen molar-refractivity contribution < 1.29 is 27.5 Å². The van der Waals surface area contributed by atoms with E-state index < -0.39 is 21.2 Å². The van der Waals surface area contributed by atoms with Crippen LogP contribution in [0.5, 0.6) is 5.75 Å². The number of likely N-dealkylation sites (tertiary alicyclic amines) is 1. The zero-order chi connectivity index (χ0) is 21.5. The van der Waals surface area contributed by atoms with Crippen LogP contribution in [0.2, 0.25) is 0 Å². The number of carbonyl (C=O) groups is 2. The molecule has 0 aliphatic carbocycles. The van der Waals surface area contributed by atoms with Gasteiger partial charge in [-0.15, -0.1) is 5.92 Å². The maximum absolute atomic E-state index is 13.0. The number of nitrogens with zero attached hydrogens (tertiary/aromatic N) is 1. The van der Waals surface area contributed by atoms with Crippen molar-refractivity contribution in [2.45, 2.75) is 38.5 Å². The molecule has 0 radical (unpaired) electrons. The first kappa shape index (κ1) is 22.8. The molecule has 1 heterocycles. The first-order valence-corrected chi connectivity index (χ1v) is 11.2. The number of benzene rings is 1. The van der Waals surface area contributed by atoms with Gasteiger partial charge in [0.1, 0.15) is 12.4 Å². The minimum absolute atomic E-state index is 0.0892. The Kier molecular flexibility index (Phi) is 7.68. The molecule has 1 aliphatic heterocycles. The quantitative estimate of drug-likeness (QED) is 0.494. The SMILES string of the molecule is CC#CCOc1ccc(S(=O)(=O)CC2(C(=O)OCC)CCN(C(C)=O)CC2)cc1. The number of amides is 1. The average Bonchev–Trinajstić information content (AvgIpc) is 2.69. The van der Waals surface area contributed by atoms with Gasteiger partial charge in [-0.05, 0) is 51.0 Å². The van der Waals surface area contributed by atoms with Crippen molar-refractivity contribution in [1.82, 2.24) is 4.90 Å². The summed E-state index contributed by atoms with van der Waals surface area (Å²) in [6.45, 7) is 5.91. The molecule has 0 aromatic heterocycles. The predicted octanol–water partition coefficient (Wildman–Crippen LogP) is 2.05. The van der Waals surface area contributed by atoms with Crippen LogP contribution >= 0.6 is 0 Å². The molecule has 0 atom stereocenters. The molecule has 1 aliphatic rings. The van der Waals surface area contributed by atoms with Crippen LogP contribution in [-0.2, 0) is 24.2 Å². The lowest BCUT2D eigenvalue weighted by Crippen LogP contribution is -2.49. The molecule has 1 aromatic rings. The molecule has 2 rings (SSSR count). The lowest BCUT2D eigenvalue weighted by molar-refractivity contribution is -0.158. The van der Waals surface area contributed by atoms with Crippen LogP contribution in [0.25, 0.3) is 0 Å². The Morgan fingerprint density at radius 1 is 1.17 bits per heavy atom. The number of rotatable bonds is 7. The van der Waals surface area contributed by atoms with Gasteiger partial charge in [-0.2, -0.15) is 0 Å². The molecular formula is C21H27NO6S. The molecule has 0 N–H and O–H groups in total. The molecule has 1 saturated heterocycles. The molecule has 1 fully saturated rings. The van der Waals surface area contributed by atoms with E-state index in [9.17, 15) is 18.0 Å². The molecule has 0 spiro atoms. The summed E-state index contributed by atoms with van der Waals surface area (Å²) < 4.78 is 36.7. The number of piperidine rings is 1. The topological polar surface area (TPSA) is 90.0 Å². The van der Waals surface area contributed by atoms with Crippen LogP contribution in [0, 0.1) is 17.3 Å². The Labute approximate surface area is 172 Å². The van der Waals surface area contributed by atoms with E-state index in [4.69, 9.17) is 9.47 Å². The second-order valence-corrected chi connectivity index (χ2v) is 8.94. The third-order valence-electron chi connectivity index (χ3n) is 5.01. The zero-order valence-corrected chi connectivity index (χ0v) is 17.9. The van der Waals surface area contributed by atoms with Gasteiger partial charge in [0, 0.05) is 20.0 Å². The third-order valence-corrected chi connectivity index (χ3v) is 6.93. The second kappa shape index (κ2) is 9.79. The second-order valence-electron chi connectivity index (χ2n) is 6.95. The van der Waals surface area contributed by atoms with Crippen molar-refractivity contribution >= 4 is 21.7 Å². The number of hydrogen-bond donors (Lipinski definition) is 0. The van der Waals surface area contributed by atoms with Crippen LogP contribution < -0.4 is 4.74 Å². The van der Waals surface area contributed by atoms with Crippen LogP contribution in [0.4, 0.5) is 0 Å². The first-order chi connectivity index (χ1) is 13.7. The van der Waals surface area contributed by atoms with Crippen LogP contribution in [0.15, 0.2) is 29.2 Å². The van der Waals surface area contributed by atoms with Crippen molar-refractivity contribution in [3.63, 3.8) is 0 Å². The molecule has 8 heteroatoms. The van der Waals surface area contributed by atoms with Gasteiger partial charge in [0.2, 0.25) is 5.91 Å². The lowest BCUT2D eigenvalue weighted by atomic mass is 9.80. The molecule has 0 bridgehead atoms. The minimum atomic E-state index is -3.75. The Bertz CT molecular complexity index is 887. The van der Waals surface area contributed by atoms with E-state index in [-0.39, 0.29) is 42.6 Å². The summed E-state index contributed by atoms with van der Waals surface area (Å²) in [5, 5.41) is 0. The zero-order valence-electron chi connectivity index (χ0n) is 17.1. The molecule has 1 aromatic carbocycles. The molecular weight excluding hydrogens is 394 g/mol. The van der Waals surface area contributed by atoms with E-state index in [2.05, 4.69) is 11.8 Å². The van der Waals surface area contributed by atoms with E-state index in [1.54, 1.807) is 30.9 Å². The minimum Gasteiger partial charge on any atom is -0.481 e. The van der Waals surface area contributed by atoms with E-state index >= 15 is 0 Å². The molecule has 29 heavy (non-hydrogen) atoms. The molecule has 7 nitrogen and oxygen atoms in total. The number of carbonyl (C=O) groups excluding carboxylic acids is 2. The van der Waals surface area contributed by atoms with Gasteiger partial charge in [-0.1, -0.05) is 5.92 Å². The third kappa shape index (κ3) is 5.73. The number of ether oxygens (including phenoxy) is 2. The number of hydrogen-bond acceptors (Lipinski definition) is 6. The maximum Gasteiger partial charge on any atom is 0.313 e. The lowest BCUT2D eigenvalue weighted by Gasteiger charge is -2.39. The molecule has 158 valence electrons. The number of esters is 1. The standard InChI is InChI=1S/C21H27NO6S/c1-4-6-15-28-18-7-9-19(10-8-18)29(25,26)16-21(20(24)27-5-2)11-13-22(14-12-21)17(3)23/h7-10H,5,11-16H2,1-3H3. The van der Waals surface area contributed by atoms with Gasteiger partial charge >= 0.3 is 5.97 Å². The van der Waals surface area contributed by atoms with E-state index in [0.29, 0.717) is 18.8 Å². The maximum atomic E-state index is 13.0. The summed E-state index contributed by atoms with van der Waals surface area (Å²) in [6, 6.07) is 6.07. The van der Waals surface area contributed by atoms with E-state index in [1.165, 1.54) is 19.1 Å². The first-order valence-electron chi connectivity index (χ1n) is 9.52. The van der Waals surface area contributed by atoms with Crippen molar-refractivity contribution in [1.29, 1.82) is 0 Å². The fourth-order valence-electron chi connectivity index (χ4n) is 3.32. The highest BCUT2D eigenvalue weighted by Gasteiger charge is 2.46. The van der Waals surface area contributed by atoms with Crippen molar-refractivity contribution in [2.24, 2.45) is 5.41 Å². The van der Waals surface area contributed by atoms with Gasteiger partial charge in [0.15, 0.2) is 9.84 Å². The van der Waals surface area contributed by atoms with E-state index in [1.807, 2.05) is 0 Å². The van der Waals surface area contributed by atoms with Crippen LogP contribution in [0.3, 0.4) is 0 Å². The normalized spacial score (nSPS) is 15.8. The Morgan fingerprint density at radius 3 is 2.31 bits per heavy atom. The predicted molar refractivity (Wildman–Crippen MR) is 108 cm³/mol. The highest BCUT2D eigenvalue weighted by molar-refractivity contribution is 7.91. The van der Waals surface area contributed by atoms with Crippen molar-refractivity contribution in [3.8, 4) is 17.6 Å². The van der Waals surface area contributed by atoms with Gasteiger partial charge in [0.25, 0.3) is 0 Å². The summed E-state index contributed by atoms with van der Waals surface area (Å²) >= 11 is 0. The summed E-state index contributed by atoms with van der Waals surface area (Å²) in [5.74, 6) is 5.03. The smallest absolute Gasteiger partial charge is 0.313 e. The van der Waals surface area contributed by atoms with Gasteiger partial charge < -0.3 is 14.4 Å². The summed E-state index contributed by atoms with van der Waals surface area (Å²) in [4.78, 5) is 26.0. The summed E-state index contributed by atoms with van der Waals surface area (Å²) in [6.07, 6.45) is 0.503. The van der Waals surface area contributed by atoms with Crippen LogP contribution in [0.1, 0.15) is 33.6 Å². The Hall–Kier alpha value is -2.53. The average molecular weight is 422 g/mol. The number of sulfone groups is 1. The fourth-order valence-corrected chi connectivity index (χ4v) is 5.17. The fraction of sp³-hybridized carbons (Fsp3) is 0.524. The monoisotopic (exact) mass is 421 g/mol. The molecule has 0 unspecified atom stereocenters. The van der Waals surface area contributed by atoms with Crippen LogP contribution in [-0.4, -0.2) is 57.3 Å². The van der Waals surface area contributed by atoms with Gasteiger partial charge in [0.05, 0.1) is 22.7 Å². The van der Waals surface area contributed by atoms with Gasteiger partial charge in [-0.25, -0.2) is 8.42 Å². The summed E-state index contributed by atoms with van der Waals surface area (Å²) in [5.41, 5.74) is -1.16. The van der Waals surface area contributed by atoms with Crippen molar-refractivity contribution in [3.05, 3.63) is 24.3 Å². The Morgan fingerprint density at radius 2 is 1.79 bits per heavy atom. The van der Waals surface area contributed by atoms with Crippen molar-refractivity contribution in [2.75, 3.05) is 32.1 Å². The van der Waals surface area contributed by atoms with E-state index in [0.717, 1.165) is 0 Å². The molecule has 0 saturated carbocycles. The largest absolute Gasteiger partial charge is 0.481 e.